The van der Waals surface area contributed by atoms with Gasteiger partial charge in [-0.2, -0.15) is 0 Å². The summed E-state index contributed by atoms with van der Waals surface area (Å²) in [5.41, 5.74) is 8.32. The molecule has 140 valence electrons. The van der Waals surface area contributed by atoms with E-state index in [0.29, 0.717) is 42.5 Å². The molecule has 4 aromatic heterocycles. The molecule has 3 N–H and O–H groups in total. The van der Waals surface area contributed by atoms with E-state index < -0.39 is 5.91 Å². The van der Waals surface area contributed by atoms with Crippen LogP contribution in [0.2, 0.25) is 0 Å². The third kappa shape index (κ3) is 2.81. The van der Waals surface area contributed by atoms with Crippen molar-refractivity contribution in [1.82, 2.24) is 19.4 Å². The first-order valence-electron chi connectivity index (χ1n) is 8.71. The van der Waals surface area contributed by atoms with Gasteiger partial charge in [-0.25, -0.2) is 15.0 Å². The number of rotatable bonds is 5. The lowest BCUT2D eigenvalue weighted by molar-refractivity contribution is 0.100. The number of ether oxygens (including phenoxy) is 1. The average Bonchev–Trinajstić information content (AvgIpc) is 3.45. The lowest BCUT2D eigenvalue weighted by Crippen LogP contribution is -2.12. The highest BCUT2D eigenvalue weighted by atomic mass is 32.1. The van der Waals surface area contributed by atoms with Crippen LogP contribution in [0, 0.1) is 0 Å². The first-order valence-corrected chi connectivity index (χ1v) is 9.58. The highest BCUT2D eigenvalue weighted by Gasteiger charge is 2.22. The van der Waals surface area contributed by atoms with E-state index in [1.165, 1.54) is 4.88 Å². The number of nitrogens with one attached hydrogen (secondary N) is 1. The van der Waals surface area contributed by atoms with Crippen molar-refractivity contribution in [2.75, 3.05) is 5.32 Å². The molecule has 1 aliphatic rings. The minimum Gasteiger partial charge on any atom is -0.370 e. The molecule has 0 aliphatic carbocycles. The minimum atomic E-state index is -0.501. The fourth-order valence-electron chi connectivity index (χ4n) is 3.28. The number of amides is 1. The molecule has 0 atom stereocenters. The van der Waals surface area contributed by atoms with E-state index in [0.717, 1.165) is 17.1 Å². The quantitative estimate of drug-likeness (QED) is 0.541. The zero-order chi connectivity index (χ0) is 19.1. The number of imidazole rings is 1. The maximum Gasteiger partial charge on any atom is 0.250 e. The summed E-state index contributed by atoms with van der Waals surface area (Å²) in [6.45, 7) is 1.60. The molecule has 28 heavy (non-hydrogen) atoms. The second-order valence-corrected chi connectivity index (χ2v) is 7.40. The number of carbonyl (C=O) groups is 1. The Morgan fingerprint density at radius 1 is 1.29 bits per heavy atom. The van der Waals surface area contributed by atoms with Gasteiger partial charge in [-0.05, 0) is 23.6 Å². The number of aromatic nitrogens is 4. The predicted octanol–water partition coefficient (Wildman–Crippen LogP) is 2.59. The Labute approximate surface area is 164 Å². The standard InChI is InChI=1S/C19H16N6O2S/c20-16(26)12-4-1-5-25-15(12)8-22-19(25)18-23-14-10-27-9-13(14)17(24-18)21-7-11-3-2-6-28-11/h1-6,8H,7,9-10H2,(H2,20,26)(H,21,23,24). The van der Waals surface area contributed by atoms with Crippen LogP contribution in [-0.2, 0) is 24.5 Å². The molecule has 0 saturated carbocycles. The molecule has 0 radical (unpaired) electrons. The van der Waals surface area contributed by atoms with Gasteiger partial charge in [-0.1, -0.05) is 6.07 Å². The number of hydrogen-bond donors (Lipinski definition) is 2. The highest BCUT2D eigenvalue weighted by Crippen LogP contribution is 2.29. The Morgan fingerprint density at radius 2 is 2.21 bits per heavy atom. The minimum absolute atomic E-state index is 0.404. The van der Waals surface area contributed by atoms with Gasteiger partial charge in [-0.15, -0.1) is 11.3 Å². The number of fused-ring (bicyclic) bond motifs is 2. The normalized spacial score (nSPS) is 13.0. The summed E-state index contributed by atoms with van der Waals surface area (Å²) in [5, 5.41) is 5.44. The second-order valence-electron chi connectivity index (χ2n) is 6.37. The van der Waals surface area contributed by atoms with Crippen molar-refractivity contribution >= 4 is 28.6 Å². The van der Waals surface area contributed by atoms with E-state index >= 15 is 0 Å². The molecule has 5 rings (SSSR count). The van der Waals surface area contributed by atoms with Gasteiger partial charge in [0.1, 0.15) is 5.82 Å². The number of pyridine rings is 1. The number of primary amides is 1. The van der Waals surface area contributed by atoms with E-state index in [-0.39, 0.29) is 0 Å². The van der Waals surface area contributed by atoms with Crippen molar-refractivity contribution in [2.45, 2.75) is 19.8 Å². The average molecular weight is 392 g/mol. The molecule has 0 spiro atoms. The van der Waals surface area contributed by atoms with Crippen LogP contribution < -0.4 is 11.1 Å². The molecule has 4 aromatic rings. The van der Waals surface area contributed by atoms with E-state index in [1.54, 1.807) is 34.1 Å². The molecule has 9 heteroatoms. The van der Waals surface area contributed by atoms with Crippen molar-refractivity contribution in [2.24, 2.45) is 5.73 Å². The van der Waals surface area contributed by atoms with E-state index in [4.69, 9.17) is 15.5 Å². The molecule has 5 heterocycles. The van der Waals surface area contributed by atoms with E-state index in [9.17, 15) is 4.79 Å². The van der Waals surface area contributed by atoms with Crippen LogP contribution in [0.15, 0.2) is 42.0 Å². The Bertz CT molecular complexity index is 1180. The summed E-state index contributed by atoms with van der Waals surface area (Å²) in [7, 11) is 0. The van der Waals surface area contributed by atoms with Crippen LogP contribution in [0.5, 0.6) is 0 Å². The third-order valence-corrected chi connectivity index (χ3v) is 5.50. The van der Waals surface area contributed by atoms with Gasteiger partial charge in [0.25, 0.3) is 5.91 Å². The van der Waals surface area contributed by atoms with Crippen molar-refractivity contribution in [3.8, 4) is 11.6 Å². The molecule has 0 unspecified atom stereocenters. The van der Waals surface area contributed by atoms with Gasteiger partial charge in [0.05, 0.1) is 42.7 Å². The van der Waals surface area contributed by atoms with Crippen LogP contribution >= 0.6 is 11.3 Å². The number of hydrogen-bond acceptors (Lipinski definition) is 7. The zero-order valence-electron chi connectivity index (χ0n) is 14.8. The largest absolute Gasteiger partial charge is 0.370 e. The van der Waals surface area contributed by atoms with Crippen LogP contribution in [-0.4, -0.2) is 25.3 Å². The van der Waals surface area contributed by atoms with Gasteiger partial charge in [0.15, 0.2) is 11.6 Å². The van der Waals surface area contributed by atoms with Gasteiger partial charge >= 0.3 is 0 Å². The summed E-state index contributed by atoms with van der Waals surface area (Å²) in [6, 6.07) is 7.52. The summed E-state index contributed by atoms with van der Waals surface area (Å²) < 4.78 is 7.35. The smallest absolute Gasteiger partial charge is 0.250 e. The lowest BCUT2D eigenvalue weighted by Gasteiger charge is -2.10. The topological polar surface area (TPSA) is 107 Å². The summed E-state index contributed by atoms with van der Waals surface area (Å²) in [4.78, 5) is 26.7. The lowest BCUT2D eigenvalue weighted by atomic mass is 10.2. The first-order chi connectivity index (χ1) is 13.7. The van der Waals surface area contributed by atoms with Gasteiger partial charge in [0.2, 0.25) is 0 Å². The maximum atomic E-state index is 11.7. The van der Waals surface area contributed by atoms with Crippen molar-refractivity contribution in [3.05, 3.63) is 63.7 Å². The van der Waals surface area contributed by atoms with Gasteiger partial charge in [-0.3, -0.25) is 9.20 Å². The van der Waals surface area contributed by atoms with Gasteiger partial charge in [0, 0.05) is 16.6 Å². The summed E-state index contributed by atoms with van der Waals surface area (Å²) in [6.07, 6.45) is 3.43. The Morgan fingerprint density at radius 3 is 3.04 bits per heavy atom. The number of nitrogens with zero attached hydrogens (tertiary/aromatic N) is 4. The molecule has 8 nitrogen and oxygen atoms in total. The monoisotopic (exact) mass is 392 g/mol. The van der Waals surface area contributed by atoms with Crippen LogP contribution in [0.4, 0.5) is 5.82 Å². The molecule has 0 saturated heterocycles. The molecule has 1 aliphatic heterocycles. The molecule has 1 amide bonds. The molecule has 0 bridgehead atoms. The first kappa shape index (κ1) is 16.8. The molecular formula is C19H16N6O2S. The number of carbonyl (C=O) groups excluding carboxylic acids is 1. The van der Waals surface area contributed by atoms with Crippen LogP contribution in [0.25, 0.3) is 17.2 Å². The van der Waals surface area contributed by atoms with Crippen LogP contribution in [0.1, 0.15) is 26.5 Å². The van der Waals surface area contributed by atoms with Crippen molar-refractivity contribution in [3.63, 3.8) is 0 Å². The molecular weight excluding hydrogens is 376 g/mol. The number of anilines is 1. The van der Waals surface area contributed by atoms with Crippen LogP contribution in [0.3, 0.4) is 0 Å². The Kier molecular flexibility index (Phi) is 4.03. The summed E-state index contributed by atoms with van der Waals surface area (Å²) >= 11 is 1.69. The van der Waals surface area contributed by atoms with Crippen molar-refractivity contribution in [1.29, 1.82) is 0 Å². The third-order valence-electron chi connectivity index (χ3n) is 4.62. The summed E-state index contributed by atoms with van der Waals surface area (Å²) in [5.74, 6) is 1.26. The van der Waals surface area contributed by atoms with E-state index in [2.05, 4.69) is 21.4 Å². The van der Waals surface area contributed by atoms with E-state index in [1.807, 2.05) is 17.6 Å². The maximum absolute atomic E-state index is 11.7. The second kappa shape index (κ2) is 6.70. The zero-order valence-corrected chi connectivity index (χ0v) is 15.6. The fourth-order valence-corrected chi connectivity index (χ4v) is 3.92. The fraction of sp³-hybridized carbons (Fsp3) is 0.158. The molecule has 0 aromatic carbocycles. The van der Waals surface area contributed by atoms with Gasteiger partial charge < -0.3 is 15.8 Å². The SMILES string of the molecule is NC(=O)c1cccn2c(-c3nc4c(c(NCc5cccs5)n3)COC4)ncc12. The number of thiophene rings is 1. The molecule has 0 fully saturated rings. The number of nitrogens with two attached hydrogens (primary N) is 1. The predicted molar refractivity (Wildman–Crippen MR) is 105 cm³/mol. The van der Waals surface area contributed by atoms with Crippen molar-refractivity contribution < 1.29 is 9.53 Å². The highest BCUT2D eigenvalue weighted by molar-refractivity contribution is 7.09. The Balaban J connectivity index is 1.59. The Hall–Kier alpha value is -3.30.